The molecule has 3 rings (SSSR count). The second-order valence-electron chi connectivity index (χ2n) is 5.04. The Morgan fingerprint density at radius 1 is 1.09 bits per heavy atom. The number of pyridine rings is 1. The average molecular weight is 344 g/mol. The van der Waals surface area contributed by atoms with E-state index in [9.17, 15) is 9.59 Å². The van der Waals surface area contributed by atoms with Gasteiger partial charge in [-0.2, -0.15) is 0 Å². The Morgan fingerprint density at radius 2 is 1.87 bits per heavy atom. The van der Waals surface area contributed by atoms with Crippen LogP contribution < -0.4 is 5.56 Å². The lowest BCUT2D eigenvalue weighted by Gasteiger charge is -2.11. The molecule has 0 amide bonds. The monoisotopic (exact) mass is 343 g/mol. The molecule has 0 fully saturated rings. The fourth-order valence-electron chi connectivity index (χ4n) is 2.45. The summed E-state index contributed by atoms with van der Waals surface area (Å²) in [5.41, 5.74) is 0.648. The zero-order valence-corrected chi connectivity index (χ0v) is 13.8. The number of hydrogen-bond acceptors (Lipinski definition) is 3. The minimum Gasteiger partial charge on any atom is -0.307 e. The van der Waals surface area contributed by atoms with Crippen LogP contribution in [-0.4, -0.2) is 16.6 Å². The van der Waals surface area contributed by atoms with Gasteiger partial charge in [0, 0.05) is 22.2 Å². The molecule has 0 spiro atoms. The van der Waals surface area contributed by atoms with Crippen LogP contribution in [0, 0.1) is 0 Å². The van der Waals surface area contributed by atoms with E-state index in [1.54, 1.807) is 34.5 Å². The summed E-state index contributed by atoms with van der Waals surface area (Å²) in [5.74, 6) is 0.730. The number of fused-ring (bicyclic) bond motifs is 1. The van der Waals surface area contributed by atoms with Crippen molar-refractivity contribution in [2.75, 3.05) is 5.75 Å². The largest absolute Gasteiger partial charge is 0.307 e. The molecule has 3 aromatic rings. The first-order valence-corrected chi connectivity index (χ1v) is 8.51. The number of rotatable bonds is 5. The highest BCUT2D eigenvalue weighted by atomic mass is 35.5. The van der Waals surface area contributed by atoms with Gasteiger partial charge in [0.2, 0.25) is 0 Å². The van der Waals surface area contributed by atoms with Crippen LogP contribution in [0.3, 0.4) is 0 Å². The van der Waals surface area contributed by atoms with Crippen molar-refractivity contribution in [2.24, 2.45) is 0 Å². The zero-order valence-electron chi connectivity index (χ0n) is 12.2. The fraction of sp³-hybridized carbons (Fsp3) is 0.111. The smallest absolute Gasteiger partial charge is 0.261 e. The molecule has 0 aliphatic rings. The van der Waals surface area contributed by atoms with Gasteiger partial charge >= 0.3 is 0 Å². The molecule has 0 unspecified atom stereocenters. The van der Waals surface area contributed by atoms with E-state index in [4.69, 9.17) is 11.6 Å². The highest BCUT2D eigenvalue weighted by molar-refractivity contribution is 7.99. The lowest BCUT2D eigenvalue weighted by molar-refractivity contribution is 0.112. The topological polar surface area (TPSA) is 39.1 Å². The number of carbonyl (C=O) groups is 1. The van der Waals surface area contributed by atoms with Crippen LogP contribution in [0.2, 0.25) is 5.02 Å². The molecule has 0 aliphatic carbocycles. The van der Waals surface area contributed by atoms with Gasteiger partial charge in [-0.3, -0.25) is 9.59 Å². The first-order valence-electron chi connectivity index (χ1n) is 7.15. The SMILES string of the molecule is O=Cc1cc2ccc(Cl)cc2n(CCSc2ccccc2)c1=O. The molecule has 116 valence electrons. The molecule has 0 bridgehead atoms. The molecule has 1 aromatic heterocycles. The maximum Gasteiger partial charge on any atom is 0.261 e. The molecule has 0 saturated heterocycles. The number of thioether (sulfide) groups is 1. The maximum absolute atomic E-state index is 12.4. The summed E-state index contributed by atoms with van der Waals surface area (Å²) in [4.78, 5) is 24.7. The van der Waals surface area contributed by atoms with Crippen molar-refractivity contribution in [2.45, 2.75) is 11.4 Å². The molecular formula is C18H14ClNO2S. The van der Waals surface area contributed by atoms with Crippen LogP contribution in [0.4, 0.5) is 0 Å². The Bertz CT molecular complexity index is 906. The molecule has 0 N–H and O–H groups in total. The minimum atomic E-state index is -0.275. The summed E-state index contributed by atoms with van der Waals surface area (Å²) in [5, 5.41) is 1.40. The first-order chi connectivity index (χ1) is 11.2. The number of benzene rings is 2. The van der Waals surface area contributed by atoms with Crippen LogP contribution in [-0.2, 0) is 6.54 Å². The van der Waals surface area contributed by atoms with Crippen molar-refractivity contribution in [3.8, 4) is 0 Å². The van der Waals surface area contributed by atoms with Crippen LogP contribution in [0.15, 0.2) is 64.3 Å². The Balaban J connectivity index is 1.94. The van der Waals surface area contributed by atoms with E-state index in [1.165, 1.54) is 0 Å². The molecule has 1 heterocycles. The number of aldehydes is 1. The normalized spacial score (nSPS) is 10.8. The van der Waals surface area contributed by atoms with Gasteiger partial charge in [-0.1, -0.05) is 35.9 Å². The summed E-state index contributed by atoms with van der Waals surface area (Å²) < 4.78 is 1.63. The number of halogens is 1. The molecule has 2 aromatic carbocycles. The fourth-order valence-corrected chi connectivity index (χ4v) is 3.47. The summed E-state index contributed by atoms with van der Waals surface area (Å²) in [6.45, 7) is 0.511. The van der Waals surface area contributed by atoms with Gasteiger partial charge in [0.05, 0.1) is 11.1 Å². The number of carbonyl (C=O) groups excluding carboxylic acids is 1. The Morgan fingerprint density at radius 3 is 2.61 bits per heavy atom. The predicted molar refractivity (Wildman–Crippen MR) is 95.8 cm³/mol. The van der Waals surface area contributed by atoms with Gasteiger partial charge < -0.3 is 4.57 Å². The molecule has 3 nitrogen and oxygen atoms in total. The second-order valence-corrected chi connectivity index (χ2v) is 6.64. The van der Waals surface area contributed by atoms with Gasteiger partial charge in [0.15, 0.2) is 6.29 Å². The summed E-state index contributed by atoms with van der Waals surface area (Å²) in [6, 6.07) is 17.0. The van der Waals surface area contributed by atoms with Crippen molar-refractivity contribution in [3.05, 3.63) is 75.5 Å². The van der Waals surface area contributed by atoms with Gasteiger partial charge in [-0.25, -0.2) is 0 Å². The number of aromatic nitrogens is 1. The molecule has 5 heteroatoms. The van der Waals surface area contributed by atoms with Gasteiger partial charge in [-0.05, 0) is 35.7 Å². The number of nitrogens with zero attached hydrogens (tertiary/aromatic N) is 1. The van der Waals surface area contributed by atoms with E-state index in [0.29, 0.717) is 17.9 Å². The predicted octanol–water partition coefficient (Wildman–Crippen LogP) is 4.26. The maximum atomic E-state index is 12.4. The van der Waals surface area contributed by atoms with Gasteiger partial charge in [-0.15, -0.1) is 11.8 Å². The third-order valence-corrected chi connectivity index (χ3v) is 4.77. The van der Waals surface area contributed by atoms with E-state index in [2.05, 4.69) is 0 Å². The lowest BCUT2D eigenvalue weighted by Crippen LogP contribution is -2.24. The standard InChI is InChI=1S/C18H14ClNO2S/c19-15-7-6-13-10-14(12-21)18(22)20(17(13)11-15)8-9-23-16-4-2-1-3-5-16/h1-7,10-12H,8-9H2. The zero-order chi connectivity index (χ0) is 16.2. The van der Waals surface area contributed by atoms with E-state index in [-0.39, 0.29) is 11.1 Å². The molecular weight excluding hydrogens is 330 g/mol. The summed E-state index contributed by atoms with van der Waals surface area (Å²) in [7, 11) is 0. The summed E-state index contributed by atoms with van der Waals surface area (Å²) >= 11 is 7.73. The van der Waals surface area contributed by atoms with Crippen LogP contribution in [0.5, 0.6) is 0 Å². The summed E-state index contributed by atoms with van der Waals surface area (Å²) in [6.07, 6.45) is 0.608. The van der Waals surface area contributed by atoms with Crippen molar-refractivity contribution in [1.82, 2.24) is 4.57 Å². The lowest BCUT2D eigenvalue weighted by atomic mass is 10.1. The second kappa shape index (κ2) is 7.02. The van der Waals surface area contributed by atoms with Crippen molar-refractivity contribution < 1.29 is 4.79 Å². The number of aryl methyl sites for hydroxylation is 1. The highest BCUT2D eigenvalue weighted by Crippen LogP contribution is 2.21. The Kier molecular flexibility index (Phi) is 4.84. The van der Waals surface area contributed by atoms with Crippen LogP contribution in [0.1, 0.15) is 10.4 Å². The quantitative estimate of drug-likeness (QED) is 0.513. The average Bonchev–Trinajstić information content (AvgIpc) is 2.57. The molecule has 0 radical (unpaired) electrons. The molecule has 0 atom stereocenters. The highest BCUT2D eigenvalue weighted by Gasteiger charge is 2.09. The van der Waals surface area contributed by atoms with Crippen LogP contribution >= 0.6 is 23.4 Å². The first kappa shape index (κ1) is 15.8. The van der Waals surface area contributed by atoms with E-state index < -0.39 is 0 Å². The Hall–Kier alpha value is -2.04. The third-order valence-electron chi connectivity index (χ3n) is 3.54. The number of hydrogen-bond donors (Lipinski definition) is 0. The third kappa shape index (κ3) is 3.49. The molecule has 23 heavy (non-hydrogen) atoms. The van der Waals surface area contributed by atoms with Crippen LogP contribution in [0.25, 0.3) is 10.9 Å². The Labute approximate surface area is 142 Å². The van der Waals surface area contributed by atoms with Crippen molar-refractivity contribution in [1.29, 1.82) is 0 Å². The van der Waals surface area contributed by atoms with Gasteiger partial charge in [0.1, 0.15) is 0 Å². The van der Waals surface area contributed by atoms with E-state index in [0.717, 1.165) is 21.6 Å². The molecule has 0 saturated carbocycles. The van der Waals surface area contributed by atoms with Crippen molar-refractivity contribution in [3.63, 3.8) is 0 Å². The van der Waals surface area contributed by atoms with E-state index in [1.807, 2.05) is 36.4 Å². The molecule has 0 aliphatic heterocycles. The van der Waals surface area contributed by atoms with Gasteiger partial charge in [0.25, 0.3) is 5.56 Å². The minimum absolute atomic E-state index is 0.171. The van der Waals surface area contributed by atoms with Crippen molar-refractivity contribution >= 4 is 40.6 Å². The van der Waals surface area contributed by atoms with E-state index >= 15 is 0 Å².